The first kappa shape index (κ1) is 23.4. The lowest BCUT2D eigenvalue weighted by Crippen LogP contribution is -2.39. The summed E-state index contributed by atoms with van der Waals surface area (Å²) in [5.74, 6) is 1.65. The number of benzene rings is 2. The molecule has 4 rings (SSSR count). The Labute approximate surface area is 183 Å². The third kappa shape index (κ3) is 5.40. The summed E-state index contributed by atoms with van der Waals surface area (Å²) in [4.78, 5) is 2.35. The van der Waals surface area contributed by atoms with E-state index in [2.05, 4.69) is 49.1 Å². The Morgan fingerprint density at radius 2 is 1.69 bits per heavy atom. The summed E-state index contributed by atoms with van der Waals surface area (Å²) in [7, 11) is 0. The number of nitrogens with zero attached hydrogens (tertiary/aromatic N) is 1. The van der Waals surface area contributed by atoms with Crippen LogP contribution in [-0.2, 0) is 11.3 Å². The highest BCUT2D eigenvalue weighted by Gasteiger charge is 2.26. The van der Waals surface area contributed by atoms with Gasteiger partial charge in [0.1, 0.15) is 17.3 Å². The van der Waals surface area contributed by atoms with Gasteiger partial charge in [0.25, 0.3) is 0 Å². The van der Waals surface area contributed by atoms with E-state index in [9.17, 15) is 4.39 Å². The summed E-state index contributed by atoms with van der Waals surface area (Å²) in [6, 6.07) is 17.3. The topological polar surface area (TPSA) is 25.6 Å². The molecule has 1 atom stereocenters. The molecule has 0 aliphatic carbocycles. The third-order valence-electron chi connectivity index (χ3n) is 5.20. The normalized spacial score (nSPS) is 16.7. The molecule has 1 aliphatic rings. The van der Waals surface area contributed by atoms with Gasteiger partial charge in [-0.25, -0.2) is 4.39 Å². The van der Waals surface area contributed by atoms with Crippen molar-refractivity contribution in [2.45, 2.75) is 26.4 Å². The number of morpholine rings is 1. The van der Waals surface area contributed by atoms with Gasteiger partial charge in [0.05, 0.1) is 25.8 Å². The van der Waals surface area contributed by atoms with Crippen LogP contribution in [0.15, 0.2) is 59.0 Å². The van der Waals surface area contributed by atoms with Gasteiger partial charge in [0.2, 0.25) is 0 Å². The molecule has 1 saturated heterocycles. The van der Waals surface area contributed by atoms with Crippen molar-refractivity contribution in [3.8, 4) is 11.3 Å². The molecule has 156 valence electrons. The molecule has 6 heteroatoms. The Morgan fingerprint density at radius 1 is 1.00 bits per heavy atom. The van der Waals surface area contributed by atoms with E-state index in [4.69, 9.17) is 9.15 Å². The van der Waals surface area contributed by atoms with Gasteiger partial charge in [-0.05, 0) is 43.2 Å². The van der Waals surface area contributed by atoms with Crippen molar-refractivity contribution >= 4 is 24.8 Å². The number of furan rings is 1. The molecule has 2 heterocycles. The van der Waals surface area contributed by atoms with E-state index >= 15 is 0 Å². The SMILES string of the molecule is Cc1ccc(-c2cc(C)c(CN3CCOCC3c3ccc(F)cc3)o2)cc1.Cl.Cl. The van der Waals surface area contributed by atoms with Gasteiger partial charge >= 0.3 is 0 Å². The van der Waals surface area contributed by atoms with E-state index in [1.54, 1.807) is 0 Å². The number of ether oxygens (including phenoxy) is 1. The molecule has 0 spiro atoms. The Balaban J connectivity index is 0.00000150. The van der Waals surface area contributed by atoms with Crippen molar-refractivity contribution in [1.82, 2.24) is 4.90 Å². The van der Waals surface area contributed by atoms with E-state index < -0.39 is 0 Å². The average molecular weight is 438 g/mol. The standard InChI is InChI=1S/C23H24FNO2.2ClH/c1-16-3-5-19(6-4-16)22-13-17(2)23(27-22)14-25-11-12-26-15-21(25)18-7-9-20(24)10-8-18;;/h3-10,13,21H,11-12,14-15H2,1-2H3;2*1H. The third-order valence-corrected chi connectivity index (χ3v) is 5.20. The Hall–Kier alpha value is -1.85. The van der Waals surface area contributed by atoms with Crippen molar-refractivity contribution in [2.75, 3.05) is 19.8 Å². The minimum atomic E-state index is -0.216. The molecule has 1 aromatic heterocycles. The molecule has 1 fully saturated rings. The molecule has 3 nitrogen and oxygen atoms in total. The molecule has 1 unspecified atom stereocenters. The van der Waals surface area contributed by atoms with Gasteiger partial charge in [0.15, 0.2) is 0 Å². The van der Waals surface area contributed by atoms with E-state index in [1.165, 1.54) is 17.7 Å². The van der Waals surface area contributed by atoms with Gasteiger partial charge in [-0.2, -0.15) is 0 Å². The fraction of sp³-hybridized carbons (Fsp3) is 0.304. The van der Waals surface area contributed by atoms with Gasteiger partial charge < -0.3 is 9.15 Å². The monoisotopic (exact) mass is 437 g/mol. The van der Waals surface area contributed by atoms with E-state index in [-0.39, 0.29) is 36.7 Å². The highest BCUT2D eigenvalue weighted by molar-refractivity contribution is 5.85. The largest absolute Gasteiger partial charge is 0.459 e. The molecule has 0 bridgehead atoms. The zero-order valence-corrected chi connectivity index (χ0v) is 18.2. The van der Waals surface area contributed by atoms with Crippen LogP contribution in [0.4, 0.5) is 4.39 Å². The van der Waals surface area contributed by atoms with Crippen molar-refractivity contribution in [3.63, 3.8) is 0 Å². The summed E-state index contributed by atoms with van der Waals surface area (Å²) in [6.07, 6.45) is 0. The molecule has 0 N–H and O–H groups in total. The summed E-state index contributed by atoms with van der Waals surface area (Å²) in [6.45, 7) is 7.00. The molecule has 0 radical (unpaired) electrons. The number of hydrogen-bond donors (Lipinski definition) is 0. The summed E-state index contributed by atoms with van der Waals surface area (Å²) in [5, 5.41) is 0. The minimum absolute atomic E-state index is 0. The Kier molecular flexibility index (Phi) is 8.29. The zero-order valence-electron chi connectivity index (χ0n) is 16.6. The van der Waals surface area contributed by atoms with Crippen LogP contribution in [0.1, 0.15) is 28.5 Å². The lowest BCUT2D eigenvalue weighted by molar-refractivity contribution is -0.0154. The maximum absolute atomic E-state index is 13.3. The fourth-order valence-electron chi connectivity index (χ4n) is 3.54. The maximum atomic E-state index is 13.3. The molecule has 2 aromatic carbocycles. The lowest BCUT2D eigenvalue weighted by Gasteiger charge is -2.35. The lowest BCUT2D eigenvalue weighted by atomic mass is 10.0. The van der Waals surface area contributed by atoms with Crippen molar-refractivity contribution in [1.29, 1.82) is 0 Å². The van der Waals surface area contributed by atoms with Gasteiger partial charge in [-0.15, -0.1) is 24.8 Å². The first-order valence-electron chi connectivity index (χ1n) is 9.34. The molecular weight excluding hydrogens is 412 g/mol. The van der Waals surface area contributed by atoms with Crippen LogP contribution in [0.25, 0.3) is 11.3 Å². The highest BCUT2D eigenvalue weighted by atomic mass is 35.5. The zero-order chi connectivity index (χ0) is 18.8. The van der Waals surface area contributed by atoms with Crippen LogP contribution >= 0.6 is 24.8 Å². The maximum Gasteiger partial charge on any atom is 0.134 e. The molecule has 3 aromatic rings. The highest BCUT2D eigenvalue weighted by Crippen LogP contribution is 2.30. The van der Waals surface area contributed by atoms with Crippen LogP contribution in [0.5, 0.6) is 0 Å². The first-order valence-corrected chi connectivity index (χ1v) is 9.34. The van der Waals surface area contributed by atoms with Gasteiger partial charge in [-0.1, -0.05) is 42.0 Å². The van der Waals surface area contributed by atoms with Gasteiger partial charge in [0, 0.05) is 12.1 Å². The van der Waals surface area contributed by atoms with Gasteiger partial charge in [-0.3, -0.25) is 4.90 Å². The second-order valence-electron chi connectivity index (χ2n) is 7.20. The number of hydrogen-bond acceptors (Lipinski definition) is 3. The summed E-state index contributed by atoms with van der Waals surface area (Å²) < 4.78 is 25.2. The van der Waals surface area contributed by atoms with Crippen LogP contribution in [0.3, 0.4) is 0 Å². The van der Waals surface area contributed by atoms with Crippen molar-refractivity contribution in [2.24, 2.45) is 0 Å². The first-order chi connectivity index (χ1) is 13.1. The fourth-order valence-corrected chi connectivity index (χ4v) is 3.54. The Morgan fingerprint density at radius 3 is 2.38 bits per heavy atom. The average Bonchev–Trinajstić information content (AvgIpc) is 3.04. The predicted octanol–water partition coefficient (Wildman–Crippen LogP) is 6.12. The predicted molar refractivity (Wildman–Crippen MR) is 118 cm³/mol. The molecule has 0 amide bonds. The van der Waals surface area contributed by atoms with Crippen LogP contribution < -0.4 is 0 Å². The minimum Gasteiger partial charge on any atom is -0.459 e. The molecule has 29 heavy (non-hydrogen) atoms. The second-order valence-corrected chi connectivity index (χ2v) is 7.20. The summed E-state index contributed by atoms with van der Waals surface area (Å²) in [5.41, 5.74) is 4.54. The summed E-state index contributed by atoms with van der Waals surface area (Å²) >= 11 is 0. The van der Waals surface area contributed by atoms with Crippen molar-refractivity contribution < 1.29 is 13.5 Å². The number of rotatable bonds is 4. The molecule has 1 aliphatic heterocycles. The van der Waals surface area contributed by atoms with E-state index in [1.807, 2.05) is 12.1 Å². The Bertz CT molecular complexity index is 910. The van der Waals surface area contributed by atoms with Crippen LogP contribution in [0.2, 0.25) is 0 Å². The molecule has 0 saturated carbocycles. The van der Waals surface area contributed by atoms with Crippen LogP contribution in [-0.4, -0.2) is 24.7 Å². The van der Waals surface area contributed by atoms with E-state index in [0.717, 1.165) is 34.8 Å². The second kappa shape index (κ2) is 10.3. The number of aryl methyl sites for hydroxylation is 2. The quantitative estimate of drug-likeness (QED) is 0.491. The smallest absolute Gasteiger partial charge is 0.134 e. The number of halogens is 3. The molecular formula is C23H26Cl2FNO2. The van der Waals surface area contributed by atoms with E-state index in [0.29, 0.717) is 19.8 Å². The van der Waals surface area contributed by atoms with Crippen LogP contribution in [0, 0.1) is 19.7 Å². The van der Waals surface area contributed by atoms with Crippen molar-refractivity contribution in [3.05, 3.63) is 82.9 Å².